The summed E-state index contributed by atoms with van der Waals surface area (Å²) in [6.45, 7) is 1.96. The maximum Gasteiger partial charge on any atom is 0.307 e. The number of benzene rings is 2. The highest BCUT2D eigenvalue weighted by Gasteiger charge is 2.11. The van der Waals surface area contributed by atoms with Gasteiger partial charge in [-0.25, -0.2) is 9.97 Å². The highest BCUT2D eigenvalue weighted by Crippen LogP contribution is 2.32. The van der Waals surface area contributed by atoms with E-state index in [0.29, 0.717) is 17.3 Å². The Hall–Kier alpha value is -3.93. The van der Waals surface area contributed by atoms with E-state index < -0.39 is 5.97 Å². The number of methoxy groups -OCH3 is 1. The van der Waals surface area contributed by atoms with E-state index in [2.05, 4.69) is 16.0 Å². The van der Waals surface area contributed by atoms with Gasteiger partial charge in [0.25, 0.3) is 0 Å². The van der Waals surface area contributed by atoms with Crippen molar-refractivity contribution in [3.63, 3.8) is 0 Å². The largest absolute Gasteiger partial charge is 0.481 e. The van der Waals surface area contributed by atoms with Crippen LogP contribution in [0.5, 0.6) is 5.88 Å². The number of carboxylic acids is 1. The lowest BCUT2D eigenvalue weighted by Crippen LogP contribution is -2.00. The summed E-state index contributed by atoms with van der Waals surface area (Å²) >= 11 is 0. The van der Waals surface area contributed by atoms with Crippen LogP contribution < -0.4 is 10.5 Å². The van der Waals surface area contributed by atoms with E-state index in [1.807, 2.05) is 49.4 Å². The molecule has 0 unspecified atom stereocenters. The molecule has 0 saturated carbocycles. The van der Waals surface area contributed by atoms with Crippen molar-refractivity contribution in [2.75, 3.05) is 12.8 Å². The molecule has 0 radical (unpaired) electrons. The fourth-order valence-corrected chi connectivity index (χ4v) is 3.56. The van der Waals surface area contributed by atoms with E-state index in [1.165, 1.54) is 0 Å². The van der Waals surface area contributed by atoms with Gasteiger partial charge in [-0.2, -0.15) is 0 Å². The van der Waals surface area contributed by atoms with Crippen LogP contribution in [0.1, 0.15) is 11.1 Å². The third kappa shape index (κ3) is 3.80. The molecule has 6 heteroatoms. The Balaban J connectivity index is 1.79. The average molecular weight is 399 g/mol. The Morgan fingerprint density at radius 1 is 1.07 bits per heavy atom. The minimum absolute atomic E-state index is 0.0390. The summed E-state index contributed by atoms with van der Waals surface area (Å²) in [4.78, 5) is 20.0. The van der Waals surface area contributed by atoms with Gasteiger partial charge in [-0.15, -0.1) is 0 Å². The van der Waals surface area contributed by atoms with Gasteiger partial charge in [-0.05, 0) is 47.9 Å². The number of ether oxygens (including phenoxy) is 1. The molecule has 0 fully saturated rings. The fraction of sp³-hybridized carbons (Fsp3) is 0.125. The lowest BCUT2D eigenvalue weighted by atomic mass is 9.99. The number of aliphatic carboxylic acids is 1. The maximum atomic E-state index is 11.0. The smallest absolute Gasteiger partial charge is 0.307 e. The van der Waals surface area contributed by atoms with Crippen molar-refractivity contribution in [2.45, 2.75) is 13.3 Å². The summed E-state index contributed by atoms with van der Waals surface area (Å²) < 4.78 is 5.25. The molecule has 150 valence electrons. The van der Waals surface area contributed by atoms with Gasteiger partial charge in [0.05, 0.1) is 19.0 Å². The van der Waals surface area contributed by atoms with Crippen molar-refractivity contribution < 1.29 is 14.6 Å². The van der Waals surface area contributed by atoms with Crippen LogP contribution in [0, 0.1) is 6.92 Å². The number of carboxylic acid groups (broad SMARTS) is 1. The Kier molecular flexibility index (Phi) is 5.06. The minimum Gasteiger partial charge on any atom is -0.481 e. The number of hydrogen-bond acceptors (Lipinski definition) is 5. The van der Waals surface area contributed by atoms with Gasteiger partial charge in [0, 0.05) is 28.3 Å². The number of aryl methyl sites for hydroxylation is 1. The van der Waals surface area contributed by atoms with Crippen LogP contribution in [0.25, 0.3) is 33.2 Å². The van der Waals surface area contributed by atoms with Crippen molar-refractivity contribution in [3.8, 4) is 28.1 Å². The predicted octanol–water partition coefficient (Wildman–Crippen LogP) is 4.49. The molecule has 0 spiro atoms. The number of hydrogen-bond donors (Lipinski definition) is 2. The molecule has 2 aromatic heterocycles. The Bertz CT molecular complexity index is 1270. The van der Waals surface area contributed by atoms with E-state index in [4.69, 9.17) is 15.6 Å². The number of pyridine rings is 2. The second-order valence-corrected chi connectivity index (χ2v) is 7.15. The maximum absolute atomic E-state index is 11.0. The molecule has 4 aromatic rings. The quantitative estimate of drug-likeness (QED) is 0.513. The number of carbonyl (C=O) groups is 1. The van der Waals surface area contributed by atoms with Crippen LogP contribution in [-0.4, -0.2) is 28.2 Å². The molecule has 0 atom stereocenters. The Morgan fingerprint density at radius 3 is 2.63 bits per heavy atom. The molecule has 0 aliphatic rings. The second-order valence-electron chi connectivity index (χ2n) is 7.15. The van der Waals surface area contributed by atoms with Gasteiger partial charge in [-0.3, -0.25) is 4.79 Å². The van der Waals surface area contributed by atoms with Gasteiger partial charge < -0.3 is 15.6 Å². The Labute approximate surface area is 174 Å². The van der Waals surface area contributed by atoms with E-state index in [-0.39, 0.29) is 6.42 Å². The predicted molar refractivity (Wildman–Crippen MR) is 117 cm³/mol. The summed E-state index contributed by atoms with van der Waals surface area (Å²) in [5.74, 6) is 0.145. The standard InChI is InChI=1S/C24H21N3O3/c1-14-8-19(13-26-24(14)30-2)16-6-7-21-18(11-16)12-20(23(25)27-21)17-5-3-4-15(9-17)10-22(28)29/h3-9,11-13H,10H2,1-2H3,(H2,25,27)(H,28,29). The molecular weight excluding hydrogens is 378 g/mol. The van der Waals surface area contributed by atoms with Crippen LogP contribution in [0.4, 0.5) is 5.82 Å². The van der Waals surface area contributed by atoms with Crippen LogP contribution in [0.15, 0.2) is 60.8 Å². The van der Waals surface area contributed by atoms with Crippen LogP contribution in [-0.2, 0) is 11.2 Å². The normalized spacial score (nSPS) is 10.9. The average Bonchev–Trinajstić information content (AvgIpc) is 2.72. The Morgan fingerprint density at radius 2 is 1.90 bits per heavy atom. The van der Waals surface area contributed by atoms with Gasteiger partial charge in [-0.1, -0.05) is 30.3 Å². The summed E-state index contributed by atoms with van der Waals surface area (Å²) in [5.41, 5.74) is 12.3. The van der Waals surface area contributed by atoms with Crippen molar-refractivity contribution in [3.05, 3.63) is 71.9 Å². The molecular formula is C24H21N3O3. The van der Waals surface area contributed by atoms with Crippen molar-refractivity contribution in [2.24, 2.45) is 0 Å². The molecule has 0 bridgehead atoms. The molecule has 2 heterocycles. The van der Waals surface area contributed by atoms with E-state index in [0.717, 1.165) is 38.7 Å². The van der Waals surface area contributed by atoms with Gasteiger partial charge >= 0.3 is 5.97 Å². The van der Waals surface area contributed by atoms with Crippen LogP contribution >= 0.6 is 0 Å². The molecule has 6 nitrogen and oxygen atoms in total. The monoisotopic (exact) mass is 399 g/mol. The second kappa shape index (κ2) is 7.83. The highest BCUT2D eigenvalue weighted by molar-refractivity contribution is 5.91. The number of aromatic nitrogens is 2. The molecule has 0 amide bonds. The summed E-state index contributed by atoms with van der Waals surface area (Å²) in [6, 6.07) is 17.4. The third-order valence-corrected chi connectivity index (χ3v) is 4.99. The first-order valence-corrected chi connectivity index (χ1v) is 9.47. The van der Waals surface area contributed by atoms with Crippen LogP contribution in [0.3, 0.4) is 0 Å². The van der Waals surface area contributed by atoms with Crippen molar-refractivity contribution >= 4 is 22.7 Å². The minimum atomic E-state index is -0.871. The highest BCUT2D eigenvalue weighted by atomic mass is 16.5. The van der Waals surface area contributed by atoms with E-state index >= 15 is 0 Å². The first kappa shape index (κ1) is 19.4. The third-order valence-electron chi connectivity index (χ3n) is 4.99. The van der Waals surface area contributed by atoms with Gasteiger partial charge in [0.1, 0.15) is 5.82 Å². The SMILES string of the molecule is COc1ncc(-c2ccc3nc(N)c(-c4cccc(CC(=O)O)c4)cc3c2)cc1C. The van der Waals surface area contributed by atoms with Gasteiger partial charge in [0.2, 0.25) is 5.88 Å². The summed E-state index contributed by atoms with van der Waals surface area (Å²) in [7, 11) is 1.61. The molecule has 4 rings (SSSR count). The first-order chi connectivity index (χ1) is 14.4. The molecule has 0 saturated heterocycles. The van der Waals surface area contributed by atoms with E-state index in [9.17, 15) is 4.79 Å². The number of anilines is 1. The van der Waals surface area contributed by atoms with Crippen molar-refractivity contribution in [1.29, 1.82) is 0 Å². The molecule has 0 aliphatic heterocycles. The lowest BCUT2D eigenvalue weighted by Gasteiger charge is -2.11. The number of nitrogens with two attached hydrogens (primary N) is 1. The fourth-order valence-electron chi connectivity index (χ4n) is 3.56. The van der Waals surface area contributed by atoms with Crippen LogP contribution in [0.2, 0.25) is 0 Å². The zero-order valence-corrected chi connectivity index (χ0v) is 16.7. The number of rotatable bonds is 5. The molecule has 0 aliphatic carbocycles. The topological polar surface area (TPSA) is 98.3 Å². The van der Waals surface area contributed by atoms with Gasteiger partial charge in [0.15, 0.2) is 0 Å². The molecule has 30 heavy (non-hydrogen) atoms. The van der Waals surface area contributed by atoms with E-state index in [1.54, 1.807) is 19.4 Å². The molecule has 3 N–H and O–H groups in total. The lowest BCUT2D eigenvalue weighted by molar-refractivity contribution is -0.136. The zero-order chi connectivity index (χ0) is 21.3. The first-order valence-electron chi connectivity index (χ1n) is 9.47. The molecule has 2 aromatic carbocycles. The summed E-state index contributed by atoms with van der Waals surface area (Å²) in [6.07, 6.45) is 1.75. The summed E-state index contributed by atoms with van der Waals surface area (Å²) in [5, 5.41) is 10.0. The number of fused-ring (bicyclic) bond motifs is 1. The number of nitrogen functional groups attached to an aromatic ring is 1. The number of nitrogens with zero attached hydrogens (tertiary/aromatic N) is 2. The van der Waals surface area contributed by atoms with Crippen molar-refractivity contribution in [1.82, 2.24) is 9.97 Å². The zero-order valence-electron chi connectivity index (χ0n) is 16.7.